The molecule has 0 spiro atoms. The molecule has 126 valence electrons. The van der Waals surface area contributed by atoms with Crippen LogP contribution in [0, 0.1) is 0 Å². The summed E-state index contributed by atoms with van der Waals surface area (Å²) in [5.74, 6) is 1.84. The quantitative estimate of drug-likeness (QED) is 0.469. The predicted octanol–water partition coefficient (Wildman–Crippen LogP) is 3.21. The van der Waals surface area contributed by atoms with Crippen molar-refractivity contribution < 1.29 is 0 Å². The summed E-state index contributed by atoms with van der Waals surface area (Å²) >= 11 is 0. The summed E-state index contributed by atoms with van der Waals surface area (Å²) in [5.41, 5.74) is 2.18. The van der Waals surface area contributed by atoms with E-state index in [-0.39, 0.29) is 0 Å². The number of hydrogen-bond donors (Lipinski definition) is 2. The van der Waals surface area contributed by atoms with Gasteiger partial charge in [-0.05, 0) is 25.5 Å². The molecule has 0 amide bonds. The first-order valence-corrected chi connectivity index (χ1v) is 8.53. The molecule has 1 heterocycles. The SMILES string of the molecule is CCCCCC(C)NC(=NC)NCc1nc2ccccc2n1C. The zero-order valence-corrected chi connectivity index (χ0v) is 14.8. The number of benzene rings is 1. The van der Waals surface area contributed by atoms with Gasteiger partial charge in [0.25, 0.3) is 0 Å². The lowest BCUT2D eigenvalue weighted by atomic mass is 10.1. The van der Waals surface area contributed by atoms with Crippen LogP contribution in [0.1, 0.15) is 45.4 Å². The number of aryl methyl sites for hydroxylation is 1. The number of para-hydroxylation sites is 2. The average molecular weight is 315 g/mol. The lowest BCUT2D eigenvalue weighted by molar-refractivity contribution is 0.545. The Labute approximate surface area is 139 Å². The zero-order chi connectivity index (χ0) is 16.7. The van der Waals surface area contributed by atoms with Crippen LogP contribution >= 0.6 is 0 Å². The largest absolute Gasteiger partial charge is 0.354 e. The Hall–Kier alpha value is -2.04. The number of imidazole rings is 1. The Morgan fingerprint density at radius 2 is 2.09 bits per heavy atom. The maximum absolute atomic E-state index is 4.68. The van der Waals surface area contributed by atoms with Gasteiger partial charge in [-0.15, -0.1) is 0 Å². The molecule has 5 nitrogen and oxygen atoms in total. The van der Waals surface area contributed by atoms with Gasteiger partial charge in [0.2, 0.25) is 0 Å². The molecule has 1 aromatic carbocycles. The van der Waals surface area contributed by atoms with E-state index in [1.54, 1.807) is 0 Å². The van der Waals surface area contributed by atoms with Gasteiger partial charge >= 0.3 is 0 Å². The van der Waals surface area contributed by atoms with E-state index < -0.39 is 0 Å². The van der Waals surface area contributed by atoms with Crippen LogP contribution in [0.4, 0.5) is 0 Å². The van der Waals surface area contributed by atoms with Gasteiger partial charge in [-0.25, -0.2) is 4.98 Å². The molecule has 0 aliphatic rings. The number of fused-ring (bicyclic) bond motifs is 1. The summed E-state index contributed by atoms with van der Waals surface area (Å²) in [6.07, 6.45) is 4.97. The monoisotopic (exact) mass is 315 g/mol. The van der Waals surface area contributed by atoms with E-state index in [4.69, 9.17) is 0 Å². The second-order valence-corrected chi connectivity index (χ2v) is 6.04. The van der Waals surface area contributed by atoms with E-state index in [1.807, 2.05) is 25.2 Å². The van der Waals surface area contributed by atoms with Crippen molar-refractivity contribution in [3.63, 3.8) is 0 Å². The Balaban J connectivity index is 1.91. The summed E-state index contributed by atoms with van der Waals surface area (Å²) in [5, 5.41) is 6.82. The number of nitrogens with one attached hydrogen (secondary N) is 2. The van der Waals surface area contributed by atoms with Crippen molar-refractivity contribution in [1.29, 1.82) is 0 Å². The van der Waals surface area contributed by atoms with Crippen LogP contribution in [0.3, 0.4) is 0 Å². The van der Waals surface area contributed by atoms with Crippen LogP contribution in [0.2, 0.25) is 0 Å². The normalized spacial score (nSPS) is 13.3. The third kappa shape index (κ3) is 4.71. The maximum Gasteiger partial charge on any atom is 0.191 e. The van der Waals surface area contributed by atoms with E-state index in [0.29, 0.717) is 12.6 Å². The van der Waals surface area contributed by atoms with E-state index in [1.165, 1.54) is 25.7 Å². The van der Waals surface area contributed by atoms with Crippen LogP contribution in [0.25, 0.3) is 11.0 Å². The molecule has 2 N–H and O–H groups in total. The van der Waals surface area contributed by atoms with Gasteiger partial charge in [-0.1, -0.05) is 38.3 Å². The highest BCUT2D eigenvalue weighted by molar-refractivity contribution is 5.80. The van der Waals surface area contributed by atoms with Crippen molar-refractivity contribution in [2.24, 2.45) is 12.0 Å². The topological polar surface area (TPSA) is 54.2 Å². The maximum atomic E-state index is 4.68. The lowest BCUT2D eigenvalue weighted by Crippen LogP contribution is -2.42. The molecule has 23 heavy (non-hydrogen) atoms. The average Bonchev–Trinajstić information content (AvgIpc) is 2.88. The number of rotatable bonds is 7. The minimum atomic E-state index is 0.424. The molecule has 2 rings (SSSR count). The smallest absolute Gasteiger partial charge is 0.191 e. The Bertz CT molecular complexity index is 644. The molecule has 2 aromatic rings. The molecule has 0 fully saturated rings. The number of hydrogen-bond acceptors (Lipinski definition) is 2. The highest BCUT2D eigenvalue weighted by Crippen LogP contribution is 2.13. The fourth-order valence-corrected chi connectivity index (χ4v) is 2.72. The molecular formula is C18H29N5. The molecule has 1 aromatic heterocycles. The van der Waals surface area contributed by atoms with Crippen LogP contribution < -0.4 is 10.6 Å². The minimum Gasteiger partial charge on any atom is -0.354 e. The van der Waals surface area contributed by atoms with Gasteiger partial charge in [0.15, 0.2) is 5.96 Å². The molecule has 0 saturated carbocycles. The summed E-state index contributed by atoms with van der Waals surface area (Å²) in [6, 6.07) is 8.62. The van der Waals surface area contributed by atoms with Crippen LogP contribution in [0.15, 0.2) is 29.3 Å². The standard InChI is InChI=1S/C18H29N5/c1-5-6-7-10-14(2)21-18(19-3)20-13-17-22-15-11-8-9-12-16(15)23(17)4/h8-9,11-12,14H,5-7,10,13H2,1-4H3,(H2,19,20,21). The van der Waals surface area contributed by atoms with E-state index in [2.05, 4.69) is 52.1 Å². The second-order valence-electron chi connectivity index (χ2n) is 6.04. The van der Waals surface area contributed by atoms with Gasteiger partial charge < -0.3 is 15.2 Å². The lowest BCUT2D eigenvalue weighted by Gasteiger charge is -2.17. The Morgan fingerprint density at radius 3 is 2.78 bits per heavy atom. The second kappa shape index (κ2) is 8.56. The first-order chi connectivity index (χ1) is 11.2. The van der Waals surface area contributed by atoms with Crippen molar-refractivity contribution in [2.75, 3.05) is 7.05 Å². The first-order valence-electron chi connectivity index (χ1n) is 8.53. The van der Waals surface area contributed by atoms with Crippen molar-refractivity contribution >= 4 is 17.0 Å². The summed E-state index contributed by atoms with van der Waals surface area (Å²) in [6.45, 7) is 5.10. The van der Waals surface area contributed by atoms with Crippen molar-refractivity contribution in [2.45, 2.75) is 52.1 Å². The summed E-state index contributed by atoms with van der Waals surface area (Å²) in [7, 11) is 3.86. The fraction of sp³-hybridized carbons (Fsp3) is 0.556. The van der Waals surface area contributed by atoms with Gasteiger partial charge in [0.1, 0.15) is 5.82 Å². The third-order valence-corrected chi connectivity index (χ3v) is 4.14. The van der Waals surface area contributed by atoms with Gasteiger partial charge in [0, 0.05) is 20.1 Å². The summed E-state index contributed by atoms with van der Waals surface area (Å²) in [4.78, 5) is 8.99. The van der Waals surface area contributed by atoms with E-state index >= 15 is 0 Å². The number of nitrogens with zero attached hydrogens (tertiary/aromatic N) is 3. The highest BCUT2D eigenvalue weighted by atomic mass is 15.2. The Morgan fingerprint density at radius 1 is 1.30 bits per heavy atom. The van der Waals surface area contributed by atoms with Crippen molar-refractivity contribution in [3.8, 4) is 0 Å². The van der Waals surface area contributed by atoms with Crippen molar-refractivity contribution in [1.82, 2.24) is 20.2 Å². The number of aromatic nitrogens is 2. The number of unbranched alkanes of at least 4 members (excludes halogenated alkanes) is 2. The minimum absolute atomic E-state index is 0.424. The Kier molecular flexibility index (Phi) is 6.44. The van der Waals surface area contributed by atoms with Gasteiger partial charge in [-0.3, -0.25) is 4.99 Å². The molecule has 0 radical (unpaired) electrons. The number of aliphatic imine (C=N–C) groups is 1. The van der Waals surface area contributed by atoms with Crippen LogP contribution in [-0.4, -0.2) is 28.6 Å². The summed E-state index contributed by atoms with van der Waals surface area (Å²) < 4.78 is 2.13. The first kappa shape index (κ1) is 17.3. The molecule has 0 aliphatic carbocycles. The zero-order valence-electron chi connectivity index (χ0n) is 14.8. The van der Waals surface area contributed by atoms with E-state index in [9.17, 15) is 0 Å². The molecule has 1 unspecified atom stereocenters. The van der Waals surface area contributed by atoms with Crippen molar-refractivity contribution in [3.05, 3.63) is 30.1 Å². The number of guanidine groups is 1. The van der Waals surface area contributed by atoms with Gasteiger partial charge in [0.05, 0.1) is 17.6 Å². The molecule has 0 aliphatic heterocycles. The van der Waals surface area contributed by atoms with Gasteiger partial charge in [-0.2, -0.15) is 0 Å². The van der Waals surface area contributed by atoms with E-state index in [0.717, 1.165) is 22.8 Å². The molecule has 0 saturated heterocycles. The van der Waals surface area contributed by atoms with Crippen LogP contribution in [-0.2, 0) is 13.6 Å². The molecule has 5 heteroatoms. The fourth-order valence-electron chi connectivity index (χ4n) is 2.72. The molecule has 1 atom stereocenters. The molecular weight excluding hydrogens is 286 g/mol. The third-order valence-electron chi connectivity index (χ3n) is 4.14. The molecule has 0 bridgehead atoms. The highest BCUT2D eigenvalue weighted by Gasteiger charge is 2.09. The van der Waals surface area contributed by atoms with Crippen LogP contribution in [0.5, 0.6) is 0 Å². The predicted molar refractivity (Wildman–Crippen MR) is 97.7 cm³/mol.